The number of esters is 2. The number of ether oxygens (including phenoxy) is 2. The van der Waals surface area contributed by atoms with E-state index in [1.165, 1.54) is 37.8 Å². The van der Waals surface area contributed by atoms with Crippen LogP contribution in [0.5, 0.6) is 0 Å². The summed E-state index contributed by atoms with van der Waals surface area (Å²) >= 11 is 0. The van der Waals surface area contributed by atoms with E-state index in [4.69, 9.17) is 9.47 Å². The SMILES string of the molecule is CC(=O)O[C@@H]1CC[C@]2(C)C3=CC[C@]4(C)[C@H](CC[C@@H]4[C@H](C)/C=C/[C@H](C)C(C)C)C3=CC[C@@]2(OC(C)=O)C1. The lowest BCUT2D eigenvalue weighted by atomic mass is 9.50. The number of hydrogen-bond acceptors (Lipinski definition) is 4. The summed E-state index contributed by atoms with van der Waals surface area (Å²) in [6.07, 6.45) is 16.1. The molecule has 0 bridgehead atoms. The van der Waals surface area contributed by atoms with E-state index in [-0.39, 0.29) is 28.9 Å². The van der Waals surface area contributed by atoms with Crippen LogP contribution in [-0.4, -0.2) is 23.6 Å². The Hall–Kier alpha value is -1.84. The number of rotatable bonds is 6. The minimum absolute atomic E-state index is 0.198. The molecular formula is C32H48O4. The predicted molar refractivity (Wildman–Crippen MR) is 144 cm³/mol. The average Bonchev–Trinajstić information content (AvgIpc) is 3.14. The van der Waals surface area contributed by atoms with E-state index >= 15 is 0 Å². The molecule has 0 aliphatic heterocycles. The van der Waals surface area contributed by atoms with Gasteiger partial charge < -0.3 is 9.47 Å². The maximum absolute atomic E-state index is 12.3. The van der Waals surface area contributed by atoms with Crippen LogP contribution in [0.2, 0.25) is 0 Å². The van der Waals surface area contributed by atoms with Gasteiger partial charge in [-0.2, -0.15) is 0 Å². The molecule has 2 saturated carbocycles. The highest BCUT2D eigenvalue weighted by Crippen LogP contribution is 2.66. The molecule has 4 rings (SSSR count). The summed E-state index contributed by atoms with van der Waals surface area (Å²) in [6, 6.07) is 0. The lowest BCUT2D eigenvalue weighted by Crippen LogP contribution is -2.58. The molecule has 4 aliphatic carbocycles. The fraction of sp³-hybridized carbons (Fsp3) is 0.750. The first-order valence-corrected chi connectivity index (χ1v) is 14.3. The molecule has 4 heteroatoms. The Balaban J connectivity index is 1.64. The summed E-state index contributed by atoms with van der Waals surface area (Å²) in [4.78, 5) is 24.0. The normalized spacial score (nSPS) is 39.4. The number of carbonyl (C=O) groups is 2. The van der Waals surface area contributed by atoms with Crippen LogP contribution in [0.15, 0.2) is 35.5 Å². The predicted octanol–water partition coefficient (Wildman–Crippen LogP) is 7.59. The molecule has 0 saturated heterocycles. The molecule has 0 unspecified atom stereocenters. The van der Waals surface area contributed by atoms with Crippen molar-refractivity contribution in [2.45, 2.75) is 112 Å². The quantitative estimate of drug-likeness (QED) is 0.281. The van der Waals surface area contributed by atoms with E-state index in [1.54, 1.807) is 0 Å². The minimum atomic E-state index is -0.651. The molecule has 0 radical (unpaired) electrons. The fourth-order valence-electron chi connectivity index (χ4n) is 8.20. The van der Waals surface area contributed by atoms with Crippen LogP contribution < -0.4 is 0 Å². The van der Waals surface area contributed by atoms with Crippen molar-refractivity contribution in [3.8, 4) is 0 Å². The van der Waals surface area contributed by atoms with Crippen molar-refractivity contribution in [1.29, 1.82) is 0 Å². The lowest BCUT2D eigenvalue weighted by molar-refractivity contribution is -0.190. The second kappa shape index (κ2) is 9.80. The van der Waals surface area contributed by atoms with E-state index in [2.05, 4.69) is 65.8 Å². The Morgan fingerprint density at radius 1 is 0.972 bits per heavy atom. The van der Waals surface area contributed by atoms with Gasteiger partial charge in [0, 0.05) is 32.1 Å². The molecule has 2 fully saturated rings. The van der Waals surface area contributed by atoms with Crippen LogP contribution in [0.4, 0.5) is 0 Å². The third-order valence-corrected chi connectivity index (χ3v) is 10.7. The molecule has 0 N–H and O–H groups in total. The highest BCUT2D eigenvalue weighted by Gasteiger charge is 2.62. The summed E-state index contributed by atoms with van der Waals surface area (Å²) in [6.45, 7) is 17.1. The minimum Gasteiger partial charge on any atom is -0.462 e. The Bertz CT molecular complexity index is 973. The van der Waals surface area contributed by atoms with Gasteiger partial charge in [0.05, 0.1) is 0 Å². The standard InChI is InChI=1S/C32H48O4/c1-20(2)21(3)9-10-22(4)27-11-12-28-26-14-18-32(36-24(6)34)19-25(35-23(5)33)13-17-31(32,8)29(26)15-16-30(27,28)7/h9-10,14-15,20-22,25,27-28H,11-13,16-19H2,1-8H3/b10-9+/t21-,22+,25+,27+,28+,30-,31+,32+/m0/s1. The van der Waals surface area contributed by atoms with Gasteiger partial charge in [0.15, 0.2) is 0 Å². The molecule has 0 spiro atoms. The zero-order chi connectivity index (χ0) is 26.5. The Morgan fingerprint density at radius 2 is 1.69 bits per heavy atom. The Kier molecular flexibility index (Phi) is 7.40. The number of carbonyl (C=O) groups excluding carboxylic acids is 2. The smallest absolute Gasteiger partial charge is 0.303 e. The van der Waals surface area contributed by atoms with Gasteiger partial charge in [-0.1, -0.05) is 65.8 Å². The number of allylic oxidation sites excluding steroid dienone is 4. The first-order valence-electron chi connectivity index (χ1n) is 14.3. The van der Waals surface area contributed by atoms with Crippen LogP contribution >= 0.6 is 0 Å². The fourth-order valence-corrected chi connectivity index (χ4v) is 8.20. The number of fused-ring (bicyclic) bond motifs is 5. The van der Waals surface area contributed by atoms with Crippen molar-refractivity contribution in [1.82, 2.24) is 0 Å². The molecule has 0 aromatic rings. The van der Waals surface area contributed by atoms with Crippen LogP contribution in [0, 0.1) is 40.4 Å². The molecule has 36 heavy (non-hydrogen) atoms. The van der Waals surface area contributed by atoms with Crippen molar-refractivity contribution < 1.29 is 19.1 Å². The van der Waals surface area contributed by atoms with Gasteiger partial charge in [0.2, 0.25) is 0 Å². The van der Waals surface area contributed by atoms with Gasteiger partial charge in [0.1, 0.15) is 11.7 Å². The molecular weight excluding hydrogens is 448 g/mol. The second-order valence-corrected chi connectivity index (χ2v) is 13.2. The van der Waals surface area contributed by atoms with E-state index in [1.807, 2.05) is 0 Å². The third kappa shape index (κ3) is 4.52. The van der Waals surface area contributed by atoms with Crippen LogP contribution in [0.1, 0.15) is 100 Å². The molecule has 4 aliphatic rings. The molecule has 200 valence electrons. The van der Waals surface area contributed by atoms with Gasteiger partial charge in [-0.15, -0.1) is 0 Å². The Morgan fingerprint density at radius 3 is 2.33 bits per heavy atom. The van der Waals surface area contributed by atoms with Gasteiger partial charge in [-0.05, 0) is 78.3 Å². The van der Waals surface area contributed by atoms with Crippen LogP contribution in [0.25, 0.3) is 0 Å². The van der Waals surface area contributed by atoms with Crippen molar-refractivity contribution in [3.05, 3.63) is 35.5 Å². The summed E-state index contributed by atoms with van der Waals surface area (Å²) in [5, 5.41) is 0. The highest BCUT2D eigenvalue weighted by molar-refractivity contribution is 5.68. The summed E-state index contributed by atoms with van der Waals surface area (Å²) < 4.78 is 11.8. The van der Waals surface area contributed by atoms with Gasteiger partial charge in [0.25, 0.3) is 0 Å². The first-order chi connectivity index (χ1) is 16.8. The first kappa shape index (κ1) is 27.2. The van der Waals surface area contributed by atoms with E-state index in [0.717, 1.165) is 19.3 Å². The van der Waals surface area contributed by atoms with Crippen molar-refractivity contribution in [2.75, 3.05) is 0 Å². The van der Waals surface area contributed by atoms with E-state index in [9.17, 15) is 9.59 Å². The third-order valence-electron chi connectivity index (χ3n) is 10.7. The summed E-state index contributed by atoms with van der Waals surface area (Å²) in [7, 11) is 0. The van der Waals surface area contributed by atoms with E-state index < -0.39 is 5.60 Å². The monoisotopic (exact) mass is 496 g/mol. The molecule has 0 amide bonds. The van der Waals surface area contributed by atoms with Crippen LogP contribution in [0.3, 0.4) is 0 Å². The van der Waals surface area contributed by atoms with Crippen molar-refractivity contribution in [2.24, 2.45) is 40.4 Å². The second-order valence-electron chi connectivity index (χ2n) is 13.2. The zero-order valence-electron chi connectivity index (χ0n) is 23.9. The summed E-state index contributed by atoms with van der Waals surface area (Å²) in [5.41, 5.74) is 2.26. The van der Waals surface area contributed by atoms with Crippen LogP contribution in [-0.2, 0) is 19.1 Å². The Labute approximate surface area is 219 Å². The van der Waals surface area contributed by atoms with Gasteiger partial charge in [-0.25, -0.2) is 0 Å². The maximum atomic E-state index is 12.3. The van der Waals surface area contributed by atoms with Gasteiger partial charge >= 0.3 is 11.9 Å². The largest absolute Gasteiger partial charge is 0.462 e. The molecule has 4 nitrogen and oxygen atoms in total. The number of hydrogen-bond donors (Lipinski definition) is 0. The van der Waals surface area contributed by atoms with E-state index in [0.29, 0.717) is 42.4 Å². The topological polar surface area (TPSA) is 52.6 Å². The zero-order valence-corrected chi connectivity index (χ0v) is 23.9. The molecule has 0 aromatic heterocycles. The summed E-state index contributed by atoms with van der Waals surface area (Å²) in [5.74, 6) is 2.55. The highest BCUT2D eigenvalue weighted by atomic mass is 16.6. The van der Waals surface area contributed by atoms with Crippen molar-refractivity contribution >= 4 is 11.9 Å². The van der Waals surface area contributed by atoms with Crippen molar-refractivity contribution in [3.63, 3.8) is 0 Å². The lowest BCUT2D eigenvalue weighted by Gasteiger charge is -2.58. The molecule has 0 heterocycles. The molecule has 0 aromatic carbocycles. The molecule has 8 atom stereocenters. The maximum Gasteiger partial charge on any atom is 0.303 e. The van der Waals surface area contributed by atoms with Gasteiger partial charge in [-0.3, -0.25) is 9.59 Å². The average molecular weight is 497 g/mol.